The highest BCUT2D eigenvalue weighted by Crippen LogP contribution is 2.30. The van der Waals surface area contributed by atoms with Crippen LogP contribution in [0.25, 0.3) is 17.1 Å². The van der Waals surface area contributed by atoms with Crippen LogP contribution in [0.3, 0.4) is 0 Å². The Morgan fingerprint density at radius 2 is 2.19 bits per heavy atom. The maximum absolute atomic E-state index is 9.47. The third-order valence-corrected chi connectivity index (χ3v) is 3.21. The van der Waals surface area contributed by atoms with E-state index >= 15 is 0 Å². The van der Waals surface area contributed by atoms with Crippen molar-refractivity contribution in [2.75, 3.05) is 7.11 Å². The van der Waals surface area contributed by atoms with Gasteiger partial charge in [-0.05, 0) is 36.8 Å². The van der Waals surface area contributed by atoms with Crippen LogP contribution in [0.1, 0.15) is 11.3 Å². The van der Waals surface area contributed by atoms with E-state index in [-0.39, 0.29) is 6.61 Å². The Bertz CT molecular complexity index is 748. The number of benzene rings is 1. The molecule has 6 heteroatoms. The summed E-state index contributed by atoms with van der Waals surface area (Å²) in [5, 5.41) is 17.6. The Kier molecular flexibility index (Phi) is 3.45. The van der Waals surface area contributed by atoms with E-state index in [1.165, 1.54) is 0 Å². The van der Waals surface area contributed by atoms with Crippen LogP contribution in [0.15, 0.2) is 41.0 Å². The molecule has 6 nitrogen and oxygen atoms in total. The molecule has 0 radical (unpaired) electrons. The lowest BCUT2D eigenvalue weighted by atomic mass is 10.2. The Hall–Kier alpha value is -2.60. The zero-order valence-electron chi connectivity index (χ0n) is 11.8. The van der Waals surface area contributed by atoms with Crippen molar-refractivity contribution in [1.29, 1.82) is 0 Å². The van der Waals surface area contributed by atoms with E-state index in [4.69, 9.17) is 9.15 Å². The fraction of sp³-hybridized carbons (Fsp3) is 0.200. The summed E-state index contributed by atoms with van der Waals surface area (Å²) in [4.78, 5) is 0. The maximum Gasteiger partial charge on any atom is 0.154 e. The van der Waals surface area contributed by atoms with Gasteiger partial charge in [0.2, 0.25) is 0 Å². The zero-order valence-corrected chi connectivity index (χ0v) is 11.8. The first-order valence-corrected chi connectivity index (χ1v) is 6.49. The number of aromatic nitrogens is 3. The average Bonchev–Trinajstić information content (AvgIpc) is 3.15. The monoisotopic (exact) mass is 285 g/mol. The summed E-state index contributed by atoms with van der Waals surface area (Å²) in [5.74, 6) is 1.26. The summed E-state index contributed by atoms with van der Waals surface area (Å²) in [6, 6.07) is 9.36. The van der Waals surface area contributed by atoms with Gasteiger partial charge in [0.1, 0.15) is 22.8 Å². The third kappa shape index (κ3) is 2.30. The molecule has 0 aliphatic rings. The van der Waals surface area contributed by atoms with Crippen molar-refractivity contribution in [3.05, 3.63) is 47.9 Å². The van der Waals surface area contributed by atoms with E-state index in [9.17, 15) is 5.11 Å². The van der Waals surface area contributed by atoms with Crippen LogP contribution >= 0.6 is 0 Å². The molecule has 0 saturated carbocycles. The summed E-state index contributed by atoms with van der Waals surface area (Å²) in [6.07, 6.45) is 1.57. The van der Waals surface area contributed by atoms with E-state index in [2.05, 4.69) is 10.3 Å². The largest absolute Gasteiger partial charge is 0.494 e. The lowest BCUT2D eigenvalue weighted by Crippen LogP contribution is -2.03. The number of aryl methyl sites for hydroxylation is 1. The Morgan fingerprint density at radius 1 is 1.33 bits per heavy atom. The van der Waals surface area contributed by atoms with Gasteiger partial charge in [-0.15, -0.1) is 5.10 Å². The first-order valence-electron chi connectivity index (χ1n) is 6.49. The SMILES string of the molecule is COc1ccc(C)cc1-n1nnc(CO)c1-c1ccco1. The van der Waals surface area contributed by atoms with Gasteiger partial charge < -0.3 is 14.3 Å². The van der Waals surface area contributed by atoms with Crippen molar-refractivity contribution < 1.29 is 14.3 Å². The summed E-state index contributed by atoms with van der Waals surface area (Å²) in [5.41, 5.74) is 2.88. The van der Waals surface area contributed by atoms with Crippen molar-refractivity contribution in [3.8, 4) is 22.9 Å². The Labute approximate surface area is 121 Å². The Balaban J connectivity index is 2.24. The predicted molar refractivity (Wildman–Crippen MR) is 76.3 cm³/mol. The molecule has 1 N–H and O–H groups in total. The Morgan fingerprint density at radius 3 is 2.86 bits per heavy atom. The maximum atomic E-state index is 9.47. The van der Waals surface area contributed by atoms with E-state index in [1.54, 1.807) is 30.2 Å². The molecule has 0 aliphatic carbocycles. The third-order valence-electron chi connectivity index (χ3n) is 3.21. The summed E-state index contributed by atoms with van der Waals surface area (Å²) >= 11 is 0. The van der Waals surface area contributed by atoms with Crippen molar-refractivity contribution >= 4 is 0 Å². The van der Waals surface area contributed by atoms with Gasteiger partial charge >= 0.3 is 0 Å². The molecular weight excluding hydrogens is 270 g/mol. The van der Waals surface area contributed by atoms with Crippen LogP contribution in [0.2, 0.25) is 0 Å². The lowest BCUT2D eigenvalue weighted by molar-refractivity contribution is 0.277. The molecule has 2 heterocycles. The zero-order chi connectivity index (χ0) is 14.8. The summed E-state index contributed by atoms with van der Waals surface area (Å²) in [7, 11) is 1.60. The van der Waals surface area contributed by atoms with Crippen LogP contribution in [0.4, 0.5) is 0 Å². The second-order valence-electron chi connectivity index (χ2n) is 4.61. The lowest BCUT2D eigenvalue weighted by Gasteiger charge is -2.11. The normalized spacial score (nSPS) is 10.8. The molecule has 0 spiro atoms. The highest BCUT2D eigenvalue weighted by atomic mass is 16.5. The molecule has 3 rings (SSSR count). The summed E-state index contributed by atoms with van der Waals surface area (Å²) < 4.78 is 12.4. The molecule has 0 aliphatic heterocycles. The smallest absolute Gasteiger partial charge is 0.154 e. The number of aliphatic hydroxyl groups is 1. The van der Waals surface area contributed by atoms with Crippen LogP contribution in [-0.4, -0.2) is 27.2 Å². The number of hydrogen-bond donors (Lipinski definition) is 1. The van der Waals surface area contributed by atoms with Gasteiger partial charge in [-0.3, -0.25) is 0 Å². The number of furan rings is 1. The van der Waals surface area contributed by atoms with Gasteiger partial charge in [0, 0.05) is 0 Å². The fourth-order valence-corrected chi connectivity index (χ4v) is 2.21. The van der Waals surface area contributed by atoms with E-state index in [0.717, 1.165) is 11.3 Å². The topological polar surface area (TPSA) is 73.3 Å². The summed E-state index contributed by atoms with van der Waals surface area (Å²) in [6.45, 7) is 1.77. The number of ether oxygens (including phenoxy) is 1. The van der Waals surface area contributed by atoms with E-state index < -0.39 is 0 Å². The molecule has 1 aromatic carbocycles. The fourth-order valence-electron chi connectivity index (χ4n) is 2.21. The molecule has 21 heavy (non-hydrogen) atoms. The molecule has 0 fully saturated rings. The van der Waals surface area contributed by atoms with Gasteiger partial charge in [0.15, 0.2) is 5.76 Å². The van der Waals surface area contributed by atoms with E-state index in [0.29, 0.717) is 22.9 Å². The quantitative estimate of drug-likeness (QED) is 0.796. The molecule has 3 aromatic rings. The first-order chi connectivity index (χ1) is 10.2. The number of rotatable bonds is 4. The molecular formula is C15H15N3O3. The van der Waals surface area contributed by atoms with Gasteiger partial charge in [-0.2, -0.15) is 0 Å². The van der Waals surface area contributed by atoms with Crippen molar-refractivity contribution in [1.82, 2.24) is 15.0 Å². The molecule has 0 saturated heterocycles. The molecule has 2 aromatic heterocycles. The molecule has 0 unspecified atom stereocenters. The van der Waals surface area contributed by atoms with Crippen LogP contribution in [-0.2, 0) is 6.61 Å². The van der Waals surface area contributed by atoms with E-state index in [1.807, 2.05) is 25.1 Å². The van der Waals surface area contributed by atoms with Crippen LogP contribution in [0, 0.1) is 6.92 Å². The number of aliphatic hydroxyl groups excluding tert-OH is 1. The number of nitrogens with zero attached hydrogens (tertiary/aromatic N) is 3. The number of hydrogen-bond acceptors (Lipinski definition) is 5. The number of methoxy groups -OCH3 is 1. The second-order valence-corrected chi connectivity index (χ2v) is 4.61. The molecule has 0 bridgehead atoms. The van der Waals surface area contributed by atoms with Crippen molar-refractivity contribution in [3.63, 3.8) is 0 Å². The minimum Gasteiger partial charge on any atom is -0.494 e. The van der Waals surface area contributed by atoms with Gasteiger partial charge in [-0.1, -0.05) is 11.3 Å². The van der Waals surface area contributed by atoms with Crippen LogP contribution in [0.5, 0.6) is 5.75 Å². The molecule has 108 valence electrons. The minimum absolute atomic E-state index is 0.218. The molecule has 0 amide bonds. The van der Waals surface area contributed by atoms with Gasteiger partial charge in [-0.25, -0.2) is 4.68 Å². The standard InChI is InChI=1S/C15H15N3O3/c1-10-5-6-13(20-2)12(8-10)18-15(11(9-19)16-17-18)14-4-3-7-21-14/h3-8,19H,9H2,1-2H3. The predicted octanol–water partition coefficient (Wildman–Crippen LogP) is 2.34. The van der Waals surface area contributed by atoms with Crippen molar-refractivity contribution in [2.24, 2.45) is 0 Å². The van der Waals surface area contributed by atoms with Crippen LogP contribution < -0.4 is 4.74 Å². The van der Waals surface area contributed by atoms with Crippen molar-refractivity contribution in [2.45, 2.75) is 13.5 Å². The second kappa shape index (κ2) is 5.41. The van der Waals surface area contributed by atoms with Gasteiger partial charge in [0.25, 0.3) is 0 Å². The minimum atomic E-state index is -0.218. The highest BCUT2D eigenvalue weighted by molar-refractivity contribution is 5.61. The first kappa shape index (κ1) is 13.4. The van der Waals surface area contributed by atoms with Gasteiger partial charge in [0.05, 0.1) is 20.0 Å². The molecule has 0 atom stereocenters. The average molecular weight is 285 g/mol. The highest BCUT2D eigenvalue weighted by Gasteiger charge is 2.20.